The molecule has 23 heavy (non-hydrogen) atoms. The molecule has 2 saturated heterocycles. The first-order chi connectivity index (χ1) is 10.3. The average Bonchev–Trinajstić information content (AvgIpc) is 3.19. The van der Waals surface area contributed by atoms with E-state index in [1.54, 1.807) is 6.20 Å². The molecule has 3 rings (SSSR count). The Bertz CT molecular complexity index is 482. The van der Waals surface area contributed by atoms with Crippen LogP contribution in [0.25, 0.3) is 0 Å². The molecule has 3 heterocycles. The quantitative estimate of drug-likeness (QED) is 0.857. The van der Waals surface area contributed by atoms with Crippen molar-refractivity contribution in [1.29, 1.82) is 0 Å². The Labute approximate surface area is 150 Å². The van der Waals surface area contributed by atoms with Crippen molar-refractivity contribution in [3.8, 4) is 0 Å². The zero-order valence-electron chi connectivity index (χ0n) is 13.5. The fraction of sp³-hybridized carbons (Fsp3) is 0.733. The molecule has 0 bridgehead atoms. The number of hydrogen-bond donors (Lipinski definition) is 2. The third-order valence-corrected chi connectivity index (χ3v) is 4.70. The topological polar surface area (TPSA) is 62.2 Å². The van der Waals surface area contributed by atoms with Gasteiger partial charge in [0.15, 0.2) is 0 Å². The number of aromatic nitrogens is 2. The molecule has 1 atom stereocenters. The predicted octanol–water partition coefficient (Wildman–Crippen LogP) is 1.93. The highest BCUT2D eigenvalue weighted by molar-refractivity contribution is 5.92. The molecule has 8 heteroatoms. The van der Waals surface area contributed by atoms with Crippen LogP contribution in [0.15, 0.2) is 12.3 Å². The summed E-state index contributed by atoms with van der Waals surface area (Å²) in [4.78, 5) is 14.7. The van der Waals surface area contributed by atoms with Crippen LogP contribution in [-0.2, 0) is 4.79 Å². The van der Waals surface area contributed by atoms with E-state index in [9.17, 15) is 4.79 Å². The van der Waals surface area contributed by atoms with Crippen molar-refractivity contribution in [3.63, 3.8) is 0 Å². The number of rotatable bonds is 4. The van der Waals surface area contributed by atoms with Gasteiger partial charge in [0, 0.05) is 25.7 Å². The predicted molar refractivity (Wildman–Crippen MR) is 96.7 cm³/mol. The SMILES string of the molecule is CCN1CCC(n2nccc2NC(=O)C2CCNC2)CC1.Cl.Cl. The lowest BCUT2D eigenvalue weighted by Gasteiger charge is -2.31. The molecule has 2 aliphatic heterocycles. The zero-order valence-corrected chi connectivity index (χ0v) is 15.2. The Morgan fingerprint density at radius 3 is 2.70 bits per heavy atom. The highest BCUT2D eigenvalue weighted by Gasteiger charge is 2.25. The van der Waals surface area contributed by atoms with Crippen molar-refractivity contribution in [2.24, 2.45) is 5.92 Å². The van der Waals surface area contributed by atoms with E-state index in [1.165, 1.54) is 0 Å². The Balaban J connectivity index is 0.00000132. The van der Waals surface area contributed by atoms with Crippen LogP contribution >= 0.6 is 24.8 Å². The van der Waals surface area contributed by atoms with Gasteiger partial charge in [-0.3, -0.25) is 4.79 Å². The molecular formula is C15H27Cl2N5O. The third-order valence-electron chi connectivity index (χ3n) is 4.70. The Morgan fingerprint density at radius 1 is 1.35 bits per heavy atom. The smallest absolute Gasteiger partial charge is 0.229 e. The van der Waals surface area contributed by atoms with Crippen molar-refractivity contribution >= 4 is 36.5 Å². The van der Waals surface area contributed by atoms with Gasteiger partial charge in [-0.15, -0.1) is 24.8 Å². The van der Waals surface area contributed by atoms with Gasteiger partial charge in [-0.05, 0) is 32.4 Å². The van der Waals surface area contributed by atoms with Crippen molar-refractivity contribution in [1.82, 2.24) is 20.0 Å². The highest BCUT2D eigenvalue weighted by Crippen LogP contribution is 2.25. The maximum Gasteiger partial charge on any atom is 0.229 e. The van der Waals surface area contributed by atoms with Crippen LogP contribution in [0.3, 0.4) is 0 Å². The first-order valence-electron chi connectivity index (χ1n) is 8.05. The van der Waals surface area contributed by atoms with E-state index in [-0.39, 0.29) is 36.6 Å². The number of amides is 1. The second-order valence-corrected chi connectivity index (χ2v) is 6.01. The van der Waals surface area contributed by atoms with Gasteiger partial charge in [0.1, 0.15) is 5.82 Å². The monoisotopic (exact) mass is 363 g/mol. The third kappa shape index (κ3) is 4.83. The molecule has 1 aromatic rings. The van der Waals surface area contributed by atoms with Crippen molar-refractivity contribution < 1.29 is 4.79 Å². The van der Waals surface area contributed by atoms with E-state index in [4.69, 9.17) is 0 Å². The Kier molecular flexibility index (Phi) is 8.33. The lowest BCUT2D eigenvalue weighted by atomic mass is 10.1. The maximum atomic E-state index is 12.2. The minimum absolute atomic E-state index is 0. The largest absolute Gasteiger partial charge is 0.316 e. The molecule has 132 valence electrons. The minimum atomic E-state index is 0. The molecule has 0 spiro atoms. The summed E-state index contributed by atoms with van der Waals surface area (Å²) >= 11 is 0. The summed E-state index contributed by atoms with van der Waals surface area (Å²) in [7, 11) is 0. The number of nitrogens with zero attached hydrogens (tertiary/aromatic N) is 3. The first kappa shape index (κ1) is 20.2. The summed E-state index contributed by atoms with van der Waals surface area (Å²) in [5.41, 5.74) is 0. The fourth-order valence-corrected chi connectivity index (χ4v) is 3.29. The van der Waals surface area contributed by atoms with Crippen LogP contribution in [0.2, 0.25) is 0 Å². The summed E-state index contributed by atoms with van der Waals surface area (Å²) in [6.45, 7) is 7.27. The summed E-state index contributed by atoms with van der Waals surface area (Å²) in [5.74, 6) is 1.06. The zero-order chi connectivity index (χ0) is 14.7. The molecule has 2 aliphatic rings. The van der Waals surface area contributed by atoms with E-state index in [0.29, 0.717) is 6.04 Å². The fourth-order valence-electron chi connectivity index (χ4n) is 3.29. The summed E-state index contributed by atoms with van der Waals surface area (Å²) in [6.07, 6.45) is 4.91. The van der Waals surface area contributed by atoms with E-state index >= 15 is 0 Å². The van der Waals surface area contributed by atoms with Gasteiger partial charge in [-0.1, -0.05) is 6.92 Å². The Hall–Kier alpha value is -0.820. The van der Waals surface area contributed by atoms with Crippen LogP contribution < -0.4 is 10.6 Å². The van der Waals surface area contributed by atoms with Gasteiger partial charge in [0.25, 0.3) is 0 Å². The number of piperidine rings is 1. The normalized spacial score (nSPS) is 22.2. The van der Waals surface area contributed by atoms with Gasteiger partial charge in [0.05, 0.1) is 18.2 Å². The molecule has 0 saturated carbocycles. The van der Waals surface area contributed by atoms with E-state index in [1.807, 2.05) is 10.7 Å². The second-order valence-electron chi connectivity index (χ2n) is 6.01. The Morgan fingerprint density at radius 2 is 2.09 bits per heavy atom. The average molecular weight is 364 g/mol. The maximum absolute atomic E-state index is 12.2. The van der Waals surface area contributed by atoms with Crippen molar-refractivity contribution in [2.45, 2.75) is 32.2 Å². The van der Waals surface area contributed by atoms with Crippen LogP contribution in [0.5, 0.6) is 0 Å². The number of carbonyl (C=O) groups excluding carboxylic acids is 1. The molecule has 2 N–H and O–H groups in total. The highest BCUT2D eigenvalue weighted by atomic mass is 35.5. The number of likely N-dealkylation sites (tertiary alicyclic amines) is 1. The van der Waals surface area contributed by atoms with Gasteiger partial charge < -0.3 is 15.5 Å². The molecule has 1 unspecified atom stereocenters. The van der Waals surface area contributed by atoms with Crippen LogP contribution in [-0.4, -0.2) is 53.3 Å². The molecule has 0 aliphatic carbocycles. The standard InChI is InChI=1S/C15H25N5O.2ClH/c1-2-19-9-5-13(6-10-19)20-14(4-8-17-20)18-15(21)12-3-7-16-11-12;;/h4,8,12-13,16H,2-3,5-7,9-11H2,1H3,(H,18,21);2*1H. The number of anilines is 1. The number of nitrogens with one attached hydrogen (secondary N) is 2. The van der Waals surface area contributed by atoms with Crippen LogP contribution in [0, 0.1) is 5.92 Å². The molecule has 6 nitrogen and oxygen atoms in total. The number of hydrogen-bond acceptors (Lipinski definition) is 4. The molecule has 0 radical (unpaired) electrons. The lowest BCUT2D eigenvalue weighted by Crippen LogP contribution is -2.35. The second kappa shape index (κ2) is 9.47. The van der Waals surface area contributed by atoms with E-state index in [0.717, 1.165) is 57.8 Å². The summed E-state index contributed by atoms with van der Waals surface area (Å²) in [6, 6.07) is 2.31. The first-order valence-corrected chi connectivity index (χ1v) is 8.05. The van der Waals surface area contributed by atoms with Gasteiger partial charge in [-0.2, -0.15) is 5.10 Å². The summed E-state index contributed by atoms with van der Waals surface area (Å²) in [5, 5.41) is 10.7. The molecule has 1 aromatic heterocycles. The molecule has 2 fully saturated rings. The van der Waals surface area contributed by atoms with Crippen molar-refractivity contribution in [3.05, 3.63) is 12.3 Å². The molecule has 0 aromatic carbocycles. The van der Waals surface area contributed by atoms with Gasteiger partial charge in [0.2, 0.25) is 5.91 Å². The molecular weight excluding hydrogens is 337 g/mol. The lowest BCUT2D eigenvalue weighted by molar-refractivity contribution is -0.119. The summed E-state index contributed by atoms with van der Waals surface area (Å²) < 4.78 is 2.01. The van der Waals surface area contributed by atoms with Crippen molar-refractivity contribution in [2.75, 3.05) is 38.0 Å². The van der Waals surface area contributed by atoms with E-state index < -0.39 is 0 Å². The number of halogens is 2. The molecule has 1 amide bonds. The number of carbonyl (C=O) groups is 1. The van der Waals surface area contributed by atoms with E-state index in [2.05, 4.69) is 27.6 Å². The van der Waals surface area contributed by atoms with Crippen LogP contribution in [0.1, 0.15) is 32.2 Å². The van der Waals surface area contributed by atoms with Gasteiger partial charge >= 0.3 is 0 Å². The minimum Gasteiger partial charge on any atom is -0.316 e. The van der Waals surface area contributed by atoms with Crippen LogP contribution in [0.4, 0.5) is 5.82 Å². The van der Waals surface area contributed by atoms with Gasteiger partial charge in [-0.25, -0.2) is 4.68 Å².